The second kappa shape index (κ2) is 4.93. The van der Waals surface area contributed by atoms with Gasteiger partial charge in [0.2, 0.25) is 0 Å². The average Bonchev–Trinajstić information content (AvgIpc) is 0.722. The van der Waals surface area contributed by atoms with Gasteiger partial charge in [-0.2, -0.15) is 7.82 Å². The zero-order chi connectivity index (χ0) is 4.50. The van der Waals surface area contributed by atoms with E-state index in [1.165, 1.54) is 0 Å². The van der Waals surface area contributed by atoms with Crippen LogP contribution in [-0.2, 0) is 26.3 Å². The van der Waals surface area contributed by atoms with Crippen LogP contribution in [0.15, 0.2) is 0 Å². The molecule has 0 aliphatic heterocycles. The molecule has 0 spiro atoms. The third-order valence-electron chi connectivity index (χ3n) is 0. The van der Waals surface area contributed by atoms with E-state index < -0.39 is 7.82 Å². The van der Waals surface area contributed by atoms with Gasteiger partial charge in [0.15, 0.2) is 0 Å². The molecule has 40 valence electrons. The molecule has 0 aromatic rings. The molecule has 0 radical (unpaired) electrons. The van der Waals surface area contributed by atoms with Gasteiger partial charge in [0, 0.05) is 0 Å². The maximum atomic E-state index is 8.55. The van der Waals surface area contributed by atoms with Crippen LogP contribution >= 0.6 is 7.82 Å². The fourth-order valence-electron chi connectivity index (χ4n) is 0. The molecule has 0 aromatic carbocycles. The van der Waals surface area contributed by atoms with E-state index in [4.69, 9.17) is 19.2 Å². The Hall–Kier alpha value is 0.784. The molecule has 0 saturated heterocycles. The van der Waals surface area contributed by atoms with E-state index in [-0.39, 0.29) is 29.3 Å². The van der Waals surface area contributed by atoms with Crippen LogP contribution in [0.25, 0.3) is 0 Å². The largest absolute Gasteiger partial charge is 4.00 e. The summed E-state index contributed by atoms with van der Waals surface area (Å²) < 4.78 is 8.55. The van der Waals surface area contributed by atoms with Gasteiger partial charge in [-0.3, -0.25) is 0 Å². The molecular weight excluding hydrogens is 157 g/mol. The first-order valence-corrected chi connectivity index (χ1v) is 2.19. The fraction of sp³-hybridized carbons (Fsp3) is 0. The van der Waals surface area contributed by atoms with E-state index in [1.54, 1.807) is 0 Å². The van der Waals surface area contributed by atoms with Gasteiger partial charge in [0.25, 0.3) is 0 Å². The second-order valence-corrected chi connectivity index (χ2v) is 1.34. The Bertz CT molecular complexity index is 62.2. The molecule has 0 aliphatic rings. The van der Waals surface area contributed by atoms with Crippen molar-refractivity contribution in [3.8, 4) is 0 Å². The first kappa shape index (κ1) is 15.7. The number of rotatable bonds is 0. The van der Waals surface area contributed by atoms with Crippen LogP contribution in [0.1, 0.15) is 1.43 Å². The molecule has 3 N–H and O–H groups in total. The molecule has 0 fully saturated rings. The van der Waals surface area contributed by atoms with E-state index >= 15 is 0 Å². The minimum absolute atomic E-state index is 0. The normalized spacial score (nSPS) is 8.43. The maximum absolute atomic E-state index is 8.55. The Kier molecular flexibility index (Phi) is 11.0. The summed E-state index contributed by atoms with van der Waals surface area (Å²) in [6.07, 6.45) is 0. The molecule has 0 heterocycles. The van der Waals surface area contributed by atoms with Crippen molar-refractivity contribution in [2.45, 2.75) is 0 Å². The van der Waals surface area contributed by atoms with E-state index in [9.17, 15) is 0 Å². The Balaban J connectivity index is -0.0000000267. The quantitative estimate of drug-likeness (QED) is 0.309. The van der Waals surface area contributed by atoms with Crippen LogP contribution < -0.4 is 20.8 Å². The Morgan fingerprint density at radius 2 is 1.29 bits per heavy atom. The molecule has 0 aromatic heterocycles. The number of hydrogen-bond donors (Lipinski definition) is 1. The molecule has 0 amide bonds. The van der Waals surface area contributed by atoms with Crippen molar-refractivity contribution in [2.75, 3.05) is 0 Å². The maximum Gasteiger partial charge on any atom is 4.00 e. The number of phosphoric acid groups is 1. The molecule has 5 nitrogen and oxygen atoms in total. The summed E-state index contributed by atoms with van der Waals surface area (Å²) in [5.41, 5.74) is 0. The van der Waals surface area contributed by atoms with Crippen molar-refractivity contribution >= 4 is 7.82 Å². The summed E-state index contributed by atoms with van der Waals surface area (Å²) >= 11 is 0. The third kappa shape index (κ3) is 252. The van der Waals surface area contributed by atoms with Gasteiger partial charge >= 0.3 is 23.1 Å². The van der Waals surface area contributed by atoms with Gasteiger partial charge < -0.3 is 25.4 Å². The van der Waals surface area contributed by atoms with Crippen molar-refractivity contribution in [1.29, 1.82) is 0 Å². The van der Waals surface area contributed by atoms with Crippen molar-refractivity contribution in [3.63, 3.8) is 0 Å². The summed E-state index contributed by atoms with van der Waals surface area (Å²) in [5.74, 6) is 0. The third-order valence-corrected chi connectivity index (χ3v) is 0. The molecule has 0 bridgehead atoms. The van der Waals surface area contributed by atoms with Gasteiger partial charge in [0.1, 0.15) is 0 Å². The van der Waals surface area contributed by atoms with Crippen LogP contribution in [0, 0.1) is 0 Å². The zero-order valence-corrected chi connectivity index (χ0v) is 5.74. The topological polar surface area (TPSA) is 121 Å². The molecule has 0 saturated carbocycles. The summed E-state index contributed by atoms with van der Waals surface area (Å²) in [7, 11) is -5.39. The summed E-state index contributed by atoms with van der Waals surface area (Å²) in [6, 6.07) is 0. The standard InChI is InChI=1S/H3N.H3O4P.Ti/c;1-5(2,3)4;/h1H3;(H3,1,2,3,4);/q;;+4/p-2. The molecule has 7 heavy (non-hydrogen) atoms. The summed E-state index contributed by atoms with van der Waals surface area (Å²) in [6.45, 7) is 0. The Morgan fingerprint density at radius 3 is 1.29 bits per heavy atom. The first-order chi connectivity index (χ1) is 2.00. The van der Waals surface area contributed by atoms with Crippen LogP contribution in [0.4, 0.5) is 0 Å². The zero-order valence-electron chi connectivity index (χ0n) is 4.29. The number of hydrogen-bond acceptors (Lipinski definition) is 5. The monoisotopic (exact) mass is 161 g/mol. The minimum atomic E-state index is -5.39. The molecule has 7 heteroatoms. The van der Waals surface area contributed by atoms with Gasteiger partial charge in [-0.05, 0) is 0 Å². The molecule has 0 rings (SSSR count). The van der Waals surface area contributed by atoms with Crippen LogP contribution in [0.2, 0.25) is 0 Å². The van der Waals surface area contributed by atoms with Gasteiger partial charge in [-0.1, -0.05) is 0 Å². The average molecular weight is 161 g/mol. The second-order valence-electron chi connectivity index (χ2n) is 0.447. The predicted molar refractivity (Wildman–Crippen MR) is 13.7 cm³/mol. The smallest absolute Gasteiger partial charge is 0.822 e. The van der Waals surface area contributed by atoms with Crippen molar-refractivity contribution in [2.24, 2.45) is 0 Å². The van der Waals surface area contributed by atoms with Crippen LogP contribution in [0.5, 0.6) is 0 Å². The van der Waals surface area contributed by atoms with Crippen LogP contribution in [-0.4, -0.2) is 0 Å². The fourth-order valence-corrected chi connectivity index (χ4v) is 0. The molecule has 0 unspecified atom stereocenters. The van der Waals surface area contributed by atoms with E-state index in [1.807, 2.05) is 0 Å². The van der Waals surface area contributed by atoms with Gasteiger partial charge in [-0.25, -0.2) is 0 Å². The minimum Gasteiger partial charge on any atom is -0.822 e. The van der Waals surface area contributed by atoms with E-state index in [2.05, 4.69) is 0 Å². The van der Waals surface area contributed by atoms with E-state index in [0.717, 1.165) is 0 Å². The van der Waals surface area contributed by atoms with Gasteiger partial charge in [-0.15, -0.1) is 0 Å². The Labute approximate surface area is 56.9 Å². The summed E-state index contributed by atoms with van der Waals surface area (Å²) in [4.78, 5) is 25.6. The van der Waals surface area contributed by atoms with Crippen LogP contribution in [0.3, 0.4) is 0 Å². The first-order valence-electron chi connectivity index (χ1n) is 0.730. The predicted octanol–water partition coefficient (Wildman–Crippen LogP) is -2.55. The Morgan fingerprint density at radius 1 is 1.29 bits per heavy atom. The summed E-state index contributed by atoms with van der Waals surface area (Å²) in [5, 5.41) is 0. The SMILES string of the molecule is N.O=P([O-])([O-])[O-].[H+].[Ti+4]. The molecule has 0 aliphatic carbocycles. The van der Waals surface area contributed by atoms with Crippen molar-refractivity contribution in [1.82, 2.24) is 6.15 Å². The van der Waals surface area contributed by atoms with Crippen molar-refractivity contribution < 1.29 is 42.4 Å². The van der Waals surface area contributed by atoms with E-state index in [0.29, 0.717) is 0 Å². The molecule has 0 atom stereocenters. The molecular formula is H4NO4PTi+2. The van der Waals surface area contributed by atoms with Gasteiger partial charge in [0.05, 0.1) is 0 Å². The van der Waals surface area contributed by atoms with Crippen molar-refractivity contribution in [3.05, 3.63) is 0 Å².